The van der Waals surface area contributed by atoms with Crippen LogP contribution in [-0.4, -0.2) is 42.9 Å². The fraction of sp³-hybridized carbons (Fsp3) is 0.192. The second kappa shape index (κ2) is 9.06. The second-order valence-electron chi connectivity index (χ2n) is 8.17. The number of hydrazine groups is 1. The zero-order valence-electron chi connectivity index (χ0n) is 18.4. The number of benzene rings is 3. The number of nitrogens with zero attached hydrogens (tertiary/aromatic N) is 2. The molecule has 4 rings (SSSR count). The van der Waals surface area contributed by atoms with Crippen molar-refractivity contribution in [2.45, 2.75) is 19.0 Å². The van der Waals surface area contributed by atoms with E-state index in [1.807, 2.05) is 105 Å². The van der Waals surface area contributed by atoms with Crippen LogP contribution in [0.5, 0.6) is 0 Å². The van der Waals surface area contributed by atoms with Gasteiger partial charge in [0.15, 0.2) is 6.04 Å². The molecule has 6 heteroatoms. The fourth-order valence-electron chi connectivity index (χ4n) is 3.86. The fourth-order valence-corrected chi connectivity index (χ4v) is 3.86. The van der Waals surface area contributed by atoms with Crippen molar-refractivity contribution in [1.82, 2.24) is 10.7 Å². The van der Waals surface area contributed by atoms with E-state index in [1.165, 1.54) is 0 Å². The Morgan fingerprint density at radius 2 is 1.72 bits per heavy atom. The number of nitrogens with one attached hydrogen (secondary N) is 2. The number of carbonyl (C=O) groups excluding carboxylic acids is 2. The number of anilines is 1. The van der Waals surface area contributed by atoms with Crippen LogP contribution in [0, 0.1) is 6.92 Å². The van der Waals surface area contributed by atoms with Crippen molar-refractivity contribution in [3.8, 4) is 0 Å². The van der Waals surface area contributed by atoms with E-state index in [0.29, 0.717) is 5.56 Å². The Morgan fingerprint density at radius 3 is 2.38 bits per heavy atom. The molecule has 0 aliphatic carbocycles. The van der Waals surface area contributed by atoms with Gasteiger partial charge in [0, 0.05) is 36.5 Å². The summed E-state index contributed by atoms with van der Waals surface area (Å²) in [6, 6.07) is 24.0. The van der Waals surface area contributed by atoms with Crippen LogP contribution in [-0.2, 0) is 4.79 Å². The Balaban J connectivity index is 1.67. The van der Waals surface area contributed by atoms with E-state index in [1.54, 1.807) is 10.8 Å². The lowest BCUT2D eigenvalue weighted by molar-refractivity contribution is -0.596. The molecule has 3 aromatic carbocycles. The molecule has 0 spiro atoms. The predicted molar refractivity (Wildman–Crippen MR) is 126 cm³/mol. The first kappa shape index (κ1) is 21.3. The lowest BCUT2D eigenvalue weighted by atomic mass is 9.99. The lowest BCUT2D eigenvalue weighted by Gasteiger charge is -2.15. The highest BCUT2D eigenvalue weighted by Crippen LogP contribution is 2.25. The van der Waals surface area contributed by atoms with E-state index in [9.17, 15) is 9.59 Å². The normalized spacial score (nSPS) is 19.0. The van der Waals surface area contributed by atoms with Crippen molar-refractivity contribution in [1.29, 1.82) is 0 Å². The van der Waals surface area contributed by atoms with E-state index in [0.717, 1.165) is 22.4 Å². The van der Waals surface area contributed by atoms with Crippen LogP contribution >= 0.6 is 0 Å². The molecule has 1 fully saturated rings. The monoisotopic (exact) mass is 427 g/mol. The van der Waals surface area contributed by atoms with Gasteiger partial charge in [-0.3, -0.25) is 9.59 Å². The Kier molecular flexibility index (Phi) is 6.03. The number of hydrogen-bond acceptors (Lipinski definition) is 3. The number of aryl methyl sites for hydroxylation is 1. The van der Waals surface area contributed by atoms with Crippen molar-refractivity contribution in [3.63, 3.8) is 0 Å². The molecule has 0 radical (unpaired) electrons. The summed E-state index contributed by atoms with van der Waals surface area (Å²) in [5.74, 6) is -0.520. The highest BCUT2D eigenvalue weighted by molar-refractivity contribution is 5.98. The molecule has 32 heavy (non-hydrogen) atoms. The van der Waals surface area contributed by atoms with Gasteiger partial charge in [0.1, 0.15) is 0 Å². The van der Waals surface area contributed by atoms with Gasteiger partial charge in [-0.2, -0.15) is 0 Å². The molecule has 2 N–H and O–H groups in total. The van der Waals surface area contributed by atoms with Crippen LogP contribution in [0.3, 0.4) is 0 Å². The van der Waals surface area contributed by atoms with E-state index in [4.69, 9.17) is 0 Å². The minimum Gasteiger partial charge on any atom is -0.378 e. The molecule has 1 aliphatic heterocycles. The zero-order chi connectivity index (χ0) is 22.7. The number of hydrazone groups is 1. The molecule has 0 bridgehead atoms. The summed E-state index contributed by atoms with van der Waals surface area (Å²) < 4.78 is 1.78. The highest BCUT2D eigenvalue weighted by atomic mass is 16.2. The lowest BCUT2D eigenvalue weighted by Crippen LogP contribution is -2.42. The van der Waals surface area contributed by atoms with Crippen molar-refractivity contribution in [2.75, 3.05) is 19.0 Å². The van der Waals surface area contributed by atoms with Gasteiger partial charge in [-0.05, 0) is 43.3 Å². The van der Waals surface area contributed by atoms with Gasteiger partial charge < -0.3 is 10.2 Å². The Hall–Kier alpha value is -3.93. The van der Waals surface area contributed by atoms with Gasteiger partial charge in [0.25, 0.3) is 5.91 Å². The van der Waals surface area contributed by atoms with E-state index >= 15 is 0 Å². The molecular formula is C26H27N4O2+. The second-order valence-corrected chi connectivity index (χ2v) is 8.17. The molecule has 0 aromatic heterocycles. The molecule has 6 nitrogen and oxygen atoms in total. The summed E-state index contributed by atoms with van der Waals surface area (Å²) in [7, 11) is 3.98. The molecule has 1 aliphatic rings. The molecule has 0 saturated carbocycles. The van der Waals surface area contributed by atoms with Gasteiger partial charge in [-0.15, -0.1) is 10.1 Å². The number of amides is 2. The number of hydrogen-bond donors (Lipinski definition) is 2. The number of rotatable bonds is 5. The SMILES string of the molecule is Cc1cccc(C(=O)N[C@H]2C(=O)N/[N+](=C\c3ccc(N(C)C)cc3)[C@@H]2c2ccccc2)c1. The van der Waals surface area contributed by atoms with Crippen LogP contribution in [0.15, 0.2) is 78.9 Å². The standard InChI is InChI=1S/C26H26N4O2/c1-18-8-7-11-21(16-18)25(31)27-23-24(20-9-5-4-6-10-20)30(28-26(23)32)17-19-12-14-22(15-13-19)29(2)3/h4-17,23-24H,1-3H3,(H-,27,28,31,32)/p+1/t23-,24-/m1/s1. The van der Waals surface area contributed by atoms with Crippen LogP contribution in [0.4, 0.5) is 5.69 Å². The topological polar surface area (TPSA) is 64.5 Å². The van der Waals surface area contributed by atoms with Gasteiger partial charge >= 0.3 is 5.91 Å². The van der Waals surface area contributed by atoms with E-state index < -0.39 is 6.04 Å². The Labute approximate surface area is 188 Å². The molecular weight excluding hydrogens is 400 g/mol. The maximum Gasteiger partial charge on any atom is 0.304 e. The quantitative estimate of drug-likeness (QED) is 0.615. The van der Waals surface area contributed by atoms with Crippen LogP contribution in [0.25, 0.3) is 0 Å². The number of carbonyl (C=O) groups is 2. The minimum absolute atomic E-state index is 0.249. The molecule has 1 heterocycles. The molecule has 2 amide bonds. The Bertz CT molecular complexity index is 1150. The Morgan fingerprint density at radius 1 is 1.00 bits per heavy atom. The average molecular weight is 428 g/mol. The summed E-state index contributed by atoms with van der Waals surface area (Å²) in [6.07, 6.45) is 1.90. The first-order chi connectivity index (χ1) is 15.4. The van der Waals surface area contributed by atoms with Gasteiger partial charge in [0.2, 0.25) is 12.3 Å². The molecule has 2 atom stereocenters. The van der Waals surface area contributed by atoms with Crippen molar-refractivity contribution in [3.05, 3.63) is 101 Å². The summed E-state index contributed by atoms with van der Waals surface area (Å²) in [6.45, 7) is 1.93. The third kappa shape index (κ3) is 4.54. The summed E-state index contributed by atoms with van der Waals surface area (Å²) in [5.41, 5.74) is 7.42. The average Bonchev–Trinajstić information content (AvgIpc) is 3.09. The van der Waals surface area contributed by atoms with E-state index in [-0.39, 0.29) is 17.9 Å². The third-order valence-corrected chi connectivity index (χ3v) is 5.54. The summed E-state index contributed by atoms with van der Waals surface area (Å²) in [5, 5.41) is 2.94. The van der Waals surface area contributed by atoms with Crippen LogP contribution in [0.1, 0.15) is 33.1 Å². The van der Waals surface area contributed by atoms with Gasteiger partial charge in [0.05, 0.1) is 0 Å². The van der Waals surface area contributed by atoms with Gasteiger partial charge in [-0.1, -0.05) is 48.0 Å². The molecule has 0 unspecified atom stereocenters. The van der Waals surface area contributed by atoms with E-state index in [2.05, 4.69) is 10.7 Å². The molecule has 162 valence electrons. The van der Waals surface area contributed by atoms with Crippen molar-refractivity contribution >= 4 is 23.7 Å². The maximum atomic E-state index is 12.9. The predicted octanol–water partition coefficient (Wildman–Crippen LogP) is 3.08. The van der Waals surface area contributed by atoms with Crippen molar-refractivity contribution in [2.24, 2.45) is 0 Å². The largest absolute Gasteiger partial charge is 0.378 e. The summed E-state index contributed by atoms with van der Waals surface area (Å²) in [4.78, 5) is 27.9. The highest BCUT2D eigenvalue weighted by Gasteiger charge is 2.47. The first-order valence-electron chi connectivity index (χ1n) is 10.6. The maximum absolute atomic E-state index is 12.9. The van der Waals surface area contributed by atoms with Crippen LogP contribution < -0.4 is 15.6 Å². The first-order valence-corrected chi connectivity index (χ1v) is 10.6. The molecule has 1 saturated heterocycles. The molecule has 3 aromatic rings. The minimum atomic E-state index is -0.734. The summed E-state index contributed by atoms with van der Waals surface area (Å²) >= 11 is 0. The zero-order valence-corrected chi connectivity index (χ0v) is 18.4. The van der Waals surface area contributed by atoms with Crippen LogP contribution in [0.2, 0.25) is 0 Å². The van der Waals surface area contributed by atoms with Crippen molar-refractivity contribution < 1.29 is 14.3 Å². The van der Waals surface area contributed by atoms with Gasteiger partial charge in [-0.25, -0.2) is 0 Å². The third-order valence-electron chi connectivity index (χ3n) is 5.54. The smallest absolute Gasteiger partial charge is 0.304 e.